The standard InChI is InChI=1S/C17H34N4O2S.HI/c1-5-18-17(19-11-10-16(22)20-13(3)4)21-14-8-7-9-15(12-14)24(23)6-2;/h13-15H,5-12H2,1-4H3,(H,20,22)(H2,18,19,21);1H. The normalized spacial score (nSPS) is 22.0. The fourth-order valence-electron chi connectivity index (χ4n) is 2.93. The van der Waals surface area contributed by atoms with Gasteiger partial charge < -0.3 is 16.0 Å². The van der Waals surface area contributed by atoms with Crippen LogP contribution in [0.1, 0.15) is 59.8 Å². The van der Waals surface area contributed by atoms with E-state index in [4.69, 9.17) is 0 Å². The molecule has 1 aliphatic carbocycles. The van der Waals surface area contributed by atoms with Gasteiger partial charge in [0.25, 0.3) is 0 Å². The maximum atomic E-state index is 12.1. The number of amides is 1. The van der Waals surface area contributed by atoms with Crippen LogP contribution in [0.4, 0.5) is 0 Å². The molecule has 0 aromatic carbocycles. The van der Waals surface area contributed by atoms with E-state index >= 15 is 0 Å². The van der Waals surface area contributed by atoms with Crippen LogP contribution in [-0.2, 0) is 15.6 Å². The molecule has 0 bridgehead atoms. The zero-order valence-corrected chi connectivity index (χ0v) is 19.1. The Labute approximate surface area is 172 Å². The van der Waals surface area contributed by atoms with Crippen molar-refractivity contribution < 1.29 is 9.00 Å². The monoisotopic (exact) mass is 486 g/mol. The predicted octanol–water partition coefficient (Wildman–Crippen LogP) is 2.15. The van der Waals surface area contributed by atoms with Crippen molar-refractivity contribution >= 4 is 46.6 Å². The van der Waals surface area contributed by atoms with Crippen LogP contribution in [-0.4, -0.2) is 52.3 Å². The summed E-state index contributed by atoms with van der Waals surface area (Å²) >= 11 is 0. The lowest BCUT2D eigenvalue weighted by molar-refractivity contribution is -0.121. The Morgan fingerprint density at radius 3 is 2.60 bits per heavy atom. The van der Waals surface area contributed by atoms with Gasteiger partial charge in [0.1, 0.15) is 0 Å². The van der Waals surface area contributed by atoms with Crippen molar-refractivity contribution in [2.45, 2.75) is 77.1 Å². The van der Waals surface area contributed by atoms with Gasteiger partial charge in [-0.3, -0.25) is 14.0 Å². The molecule has 148 valence electrons. The molecule has 6 nitrogen and oxygen atoms in total. The summed E-state index contributed by atoms with van der Waals surface area (Å²) in [5.41, 5.74) is 0. The number of hydrogen-bond acceptors (Lipinski definition) is 3. The average Bonchev–Trinajstić information content (AvgIpc) is 2.53. The molecule has 0 spiro atoms. The minimum Gasteiger partial charge on any atom is -0.357 e. The van der Waals surface area contributed by atoms with Crippen molar-refractivity contribution in [1.29, 1.82) is 0 Å². The number of nitrogens with zero attached hydrogens (tertiary/aromatic N) is 1. The number of nitrogens with one attached hydrogen (secondary N) is 3. The number of carbonyl (C=O) groups excluding carboxylic acids is 1. The van der Waals surface area contributed by atoms with Gasteiger partial charge in [-0.05, 0) is 40.0 Å². The summed E-state index contributed by atoms with van der Waals surface area (Å²) < 4.78 is 12.1. The zero-order chi connectivity index (χ0) is 17.9. The molecular formula is C17H35IN4O2S. The van der Waals surface area contributed by atoms with Crippen molar-refractivity contribution in [2.75, 3.05) is 18.8 Å². The first kappa shape index (κ1) is 24.6. The molecular weight excluding hydrogens is 451 g/mol. The highest BCUT2D eigenvalue weighted by molar-refractivity contribution is 14.0. The SMILES string of the molecule is CCNC(=NCCC(=O)NC(C)C)NC1CCCC(S(=O)CC)C1.I. The topological polar surface area (TPSA) is 82.6 Å². The number of hydrogen-bond donors (Lipinski definition) is 3. The molecule has 3 atom stereocenters. The summed E-state index contributed by atoms with van der Waals surface area (Å²) in [6.45, 7) is 9.16. The average molecular weight is 486 g/mol. The van der Waals surface area contributed by atoms with Gasteiger partial charge in [0.2, 0.25) is 5.91 Å². The van der Waals surface area contributed by atoms with Gasteiger partial charge in [-0.2, -0.15) is 0 Å². The van der Waals surface area contributed by atoms with Crippen molar-refractivity contribution in [3.63, 3.8) is 0 Å². The lowest BCUT2D eigenvalue weighted by atomic mass is 9.95. The molecule has 1 amide bonds. The molecule has 0 heterocycles. The van der Waals surface area contributed by atoms with Crippen LogP contribution in [0.25, 0.3) is 0 Å². The molecule has 1 aliphatic rings. The van der Waals surface area contributed by atoms with Crippen LogP contribution in [0.2, 0.25) is 0 Å². The van der Waals surface area contributed by atoms with E-state index in [-0.39, 0.29) is 35.9 Å². The molecule has 0 aromatic heterocycles. The van der Waals surface area contributed by atoms with Gasteiger partial charge >= 0.3 is 0 Å². The summed E-state index contributed by atoms with van der Waals surface area (Å²) in [6, 6.07) is 0.466. The maximum absolute atomic E-state index is 12.1. The van der Waals surface area contributed by atoms with Gasteiger partial charge in [-0.25, -0.2) is 0 Å². The number of aliphatic imine (C=N–C) groups is 1. The molecule has 1 saturated carbocycles. The quantitative estimate of drug-likeness (QED) is 0.279. The van der Waals surface area contributed by atoms with E-state index in [9.17, 15) is 9.00 Å². The fourth-order valence-corrected chi connectivity index (χ4v) is 4.28. The largest absolute Gasteiger partial charge is 0.357 e. The summed E-state index contributed by atoms with van der Waals surface area (Å²) in [5, 5.41) is 9.85. The van der Waals surface area contributed by atoms with Crippen LogP contribution in [0, 0.1) is 0 Å². The number of guanidine groups is 1. The van der Waals surface area contributed by atoms with Crippen molar-refractivity contribution in [3.8, 4) is 0 Å². The third-order valence-corrected chi connectivity index (χ3v) is 5.77. The van der Waals surface area contributed by atoms with Gasteiger partial charge in [0, 0.05) is 46.9 Å². The second-order valence-corrected chi connectivity index (χ2v) is 8.54. The molecule has 0 radical (unpaired) electrons. The first-order chi connectivity index (χ1) is 11.5. The summed E-state index contributed by atoms with van der Waals surface area (Å²) in [6.07, 6.45) is 4.56. The lowest BCUT2D eigenvalue weighted by Crippen LogP contribution is -2.46. The summed E-state index contributed by atoms with van der Waals surface area (Å²) in [4.78, 5) is 16.2. The second-order valence-electron chi connectivity index (χ2n) is 6.53. The molecule has 0 aliphatic heterocycles. The minimum absolute atomic E-state index is 0. The van der Waals surface area contributed by atoms with E-state index < -0.39 is 10.8 Å². The Morgan fingerprint density at radius 2 is 2.00 bits per heavy atom. The lowest BCUT2D eigenvalue weighted by Gasteiger charge is -2.30. The molecule has 1 fully saturated rings. The smallest absolute Gasteiger partial charge is 0.222 e. The van der Waals surface area contributed by atoms with Gasteiger partial charge in [-0.15, -0.1) is 24.0 Å². The van der Waals surface area contributed by atoms with Crippen LogP contribution in [0.5, 0.6) is 0 Å². The van der Waals surface area contributed by atoms with E-state index in [0.29, 0.717) is 24.3 Å². The van der Waals surface area contributed by atoms with Gasteiger partial charge in [0.05, 0.1) is 6.54 Å². The molecule has 0 aromatic rings. The van der Waals surface area contributed by atoms with Gasteiger partial charge in [0.15, 0.2) is 5.96 Å². The highest BCUT2D eigenvalue weighted by Gasteiger charge is 2.26. The highest BCUT2D eigenvalue weighted by atomic mass is 127. The predicted molar refractivity (Wildman–Crippen MR) is 117 cm³/mol. The molecule has 0 saturated heterocycles. The molecule has 25 heavy (non-hydrogen) atoms. The molecule has 8 heteroatoms. The van der Waals surface area contributed by atoms with E-state index in [2.05, 4.69) is 20.9 Å². The van der Waals surface area contributed by atoms with Crippen LogP contribution >= 0.6 is 24.0 Å². The first-order valence-corrected chi connectivity index (χ1v) is 10.6. The van der Waals surface area contributed by atoms with Crippen molar-refractivity contribution in [2.24, 2.45) is 4.99 Å². The Kier molecular flexibility index (Phi) is 13.6. The Hall–Kier alpha value is -0.380. The summed E-state index contributed by atoms with van der Waals surface area (Å²) in [5.74, 6) is 1.51. The third-order valence-electron chi connectivity index (χ3n) is 4.03. The fraction of sp³-hybridized carbons (Fsp3) is 0.882. The van der Waals surface area contributed by atoms with Gasteiger partial charge in [-0.1, -0.05) is 13.3 Å². The van der Waals surface area contributed by atoms with Crippen molar-refractivity contribution in [1.82, 2.24) is 16.0 Å². The van der Waals surface area contributed by atoms with Crippen LogP contribution in [0.3, 0.4) is 0 Å². The highest BCUT2D eigenvalue weighted by Crippen LogP contribution is 2.22. The van der Waals surface area contributed by atoms with Crippen LogP contribution in [0.15, 0.2) is 4.99 Å². The Morgan fingerprint density at radius 1 is 1.28 bits per heavy atom. The van der Waals surface area contributed by atoms with E-state index in [0.717, 1.165) is 43.9 Å². The maximum Gasteiger partial charge on any atom is 0.222 e. The zero-order valence-electron chi connectivity index (χ0n) is 16.0. The first-order valence-electron chi connectivity index (χ1n) is 9.17. The Bertz CT molecular complexity index is 446. The number of halogens is 1. The Balaban J connectivity index is 0.00000576. The second kappa shape index (κ2) is 13.8. The minimum atomic E-state index is -0.723. The molecule has 3 unspecified atom stereocenters. The summed E-state index contributed by atoms with van der Waals surface area (Å²) in [7, 11) is -0.723. The van der Waals surface area contributed by atoms with Crippen molar-refractivity contribution in [3.05, 3.63) is 0 Å². The number of carbonyl (C=O) groups is 1. The third kappa shape index (κ3) is 10.4. The number of rotatable bonds is 8. The van der Waals surface area contributed by atoms with E-state index in [1.807, 2.05) is 27.7 Å². The molecule has 3 N–H and O–H groups in total. The molecule has 1 rings (SSSR count). The van der Waals surface area contributed by atoms with E-state index in [1.54, 1.807) is 0 Å². The van der Waals surface area contributed by atoms with E-state index in [1.165, 1.54) is 0 Å². The van der Waals surface area contributed by atoms with Crippen LogP contribution < -0.4 is 16.0 Å².